The molecule has 2 N–H and O–H groups in total. The van der Waals surface area contributed by atoms with Crippen molar-refractivity contribution < 1.29 is 19.4 Å². The first kappa shape index (κ1) is 18.6. The van der Waals surface area contributed by atoms with Crippen LogP contribution in [0.15, 0.2) is 22.3 Å². The van der Waals surface area contributed by atoms with Gasteiger partial charge in [-0.25, -0.2) is 4.79 Å². The summed E-state index contributed by atoms with van der Waals surface area (Å²) in [5.74, 6) is -1.02. The Balaban J connectivity index is 1.39. The van der Waals surface area contributed by atoms with Gasteiger partial charge in [-0.05, 0) is 75.4 Å². The lowest BCUT2D eigenvalue weighted by Crippen LogP contribution is -2.45. The van der Waals surface area contributed by atoms with Crippen molar-refractivity contribution in [1.29, 1.82) is 0 Å². The van der Waals surface area contributed by atoms with Gasteiger partial charge in [0.15, 0.2) is 0 Å². The molecule has 1 fully saturated rings. The van der Waals surface area contributed by atoms with Crippen LogP contribution < -0.4 is 5.32 Å². The number of hydrogen-bond donors (Lipinski definition) is 2. The zero-order valence-corrected chi connectivity index (χ0v) is 16.1. The standard InChI is InChI=1S/C22H31NO4/c24-21(25)18-11-5-6-12-20(18)23-22(26)27-13-19-16-9-3-1-7-14(16)15-8-2-4-10-17(15)19/h18-20H,1-13H2,(H,23,26)(H,24,25). The molecule has 148 valence electrons. The summed E-state index contributed by atoms with van der Waals surface area (Å²) in [4.78, 5) is 23.8. The number of carboxylic acids is 1. The summed E-state index contributed by atoms with van der Waals surface area (Å²) in [6, 6.07) is -0.304. The average Bonchev–Trinajstić information content (AvgIpc) is 3.00. The Bertz CT molecular complexity index is 646. The maximum atomic E-state index is 12.4. The van der Waals surface area contributed by atoms with E-state index in [2.05, 4.69) is 5.32 Å². The van der Waals surface area contributed by atoms with Crippen molar-refractivity contribution in [1.82, 2.24) is 5.32 Å². The third-order valence-electron chi connectivity index (χ3n) is 6.99. The van der Waals surface area contributed by atoms with E-state index in [4.69, 9.17) is 4.74 Å². The van der Waals surface area contributed by atoms with Crippen LogP contribution in [0.1, 0.15) is 77.0 Å². The molecule has 2 unspecified atom stereocenters. The summed E-state index contributed by atoms with van der Waals surface area (Å²) in [5, 5.41) is 12.2. The average molecular weight is 373 g/mol. The number of hydrogen-bond acceptors (Lipinski definition) is 3. The Hall–Kier alpha value is -1.78. The zero-order valence-electron chi connectivity index (χ0n) is 16.1. The number of alkyl carbamates (subject to hydrolysis) is 1. The number of carboxylic acid groups (broad SMARTS) is 1. The summed E-state index contributed by atoms with van der Waals surface area (Å²) in [5.41, 5.74) is 6.23. The van der Waals surface area contributed by atoms with Crippen LogP contribution in [0.2, 0.25) is 0 Å². The van der Waals surface area contributed by atoms with Crippen molar-refractivity contribution >= 4 is 12.1 Å². The monoisotopic (exact) mass is 373 g/mol. The molecular formula is C22H31NO4. The van der Waals surface area contributed by atoms with Crippen molar-refractivity contribution in [2.75, 3.05) is 6.61 Å². The minimum absolute atomic E-state index is 0.281. The van der Waals surface area contributed by atoms with Crippen LogP contribution in [0.25, 0.3) is 0 Å². The first-order valence-corrected chi connectivity index (χ1v) is 10.8. The number of aliphatic carboxylic acids is 1. The van der Waals surface area contributed by atoms with E-state index in [9.17, 15) is 14.7 Å². The number of nitrogens with one attached hydrogen (secondary N) is 1. The molecule has 0 radical (unpaired) electrons. The number of allylic oxidation sites excluding steroid dienone is 2. The van der Waals surface area contributed by atoms with Gasteiger partial charge in [0, 0.05) is 12.0 Å². The molecule has 0 aromatic rings. The fraction of sp³-hybridized carbons (Fsp3) is 0.727. The molecule has 0 aliphatic heterocycles. The molecule has 0 heterocycles. The van der Waals surface area contributed by atoms with Crippen molar-refractivity contribution in [2.45, 2.75) is 83.1 Å². The van der Waals surface area contributed by atoms with Gasteiger partial charge in [0.05, 0.1) is 5.92 Å². The van der Waals surface area contributed by atoms with Crippen LogP contribution in [0.3, 0.4) is 0 Å². The molecule has 5 heteroatoms. The van der Waals surface area contributed by atoms with E-state index in [0.717, 1.165) is 32.1 Å². The van der Waals surface area contributed by atoms with E-state index in [1.165, 1.54) is 49.7 Å². The fourth-order valence-corrected chi connectivity index (χ4v) is 5.68. The smallest absolute Gasteiger partial charge is 0.407 e. The highest BCUT2D eigenvalue weighted by Crippen LogP contribution is 2.49. The van der Waals surface area contributed by atoms with Crippen LogP contribution in [0.4, 0.5) is 4.79 Å². The molecule has 2 atom stereocenters. The highest BCUT2D eigenvalue weighted by Gasteiger charge is 2.37. The summed E-state index contributed by atoms with van der Waals surface area (Å²) in [7, 11) is 0. The van der Waals surface area contributed by atoms with Crippen molar-refractivity contribution in [3.63, 3.8) is 0 Å². The second kappa shape index (κ2) is 8.07. The van der Waals surface area contributed by atoms with E-state index < -0.39 is 18.0 Å². The van der Waals surface area contributed by atoms with Crippen LogP contribution in [-0.2, 0) is 9.53 Å². The zero-order chi connectivity index (χ0) is 18.8. The SMILES string of the molecule is O=C(NC1CCCCC1C(=O)O)OCC1C2=C(CCCC2)C2=C1CCCC2. The maximum Gasteiger partial charge on any atom is 0.407 e. The summed E-state index contributed by atoms with van der Waals surface area (Å²) < 4.78 is 5.64. The summed E-state index contributed by atoms with van der Waals surface area (Å²) in [6.45, 7) is 0.411. The number of carbonyl (C=O) groups is 2. The summed E-state index contributed by atoms with van der Waals surface area (Å²) in [6.07, 6.45) is 12.5. The lowest BCUT2D eigenvalue weighted by Gasteiger charge is -2.29. The molecular weight excluding hydrogens is 342 g/mol. The Morgan fingerprint density at radius 2 is 1.48 bits per heavy atom. The summed E-state index contributed by atoms with van der Waals surface area (Å²) >= 11 is 0. The topological polar surface area (TPSA) is 75.6 Å². The van der Waals surface area contributed by atoms with Gasteiger partial charge in [-0.2, -0.15) is 0 Å². The molecule has 4 rings (SSSR count). The van der Waals surface area contributed by atoms with Gasteiger partial charge in [-0.15, -0.1) is 0 Å². The van der Waals surface area contributed by atoms with Gasteiger partial charge in [-0.3, -0.25) is 4.79 Å². The van der Waals surface area contributed by atoms with Crippen molar-refractivity contribution in [2.24, 2.45) is 11.8 Å². The Morgan fingerprint density at radius 1 is 0.889 bits per heavy atom. The van der Waals surface area contributed by atoms with Gasteiger partial charge in [0.2, 0.25) is 0 Å². The molecule has 1 amide bonds. The van der Waals surface area contributed by atoms with Gasteiger partial charge in [0.25, 0.3) is 0 Å². The van der Waals surface area contributed by atoms with Crippen LogP contribution in [0, 0.1) is 11.8 Å². The minimum atomic E-state index is -0.815. The van der Waals surface area contributed by atoms with Crippen molar-refractivity contribution in [3.8, 4) is 0 Å². The molecule has 0 aromatic carbocycles. The molecule has 0 aromatic heterocycles. The first-order chi connectivity index (χ1) is 13.1. The maximum absolute atomic E-state index is 12.4. The van der Waals surface area contributed by atoms with Gasteiger partial charge in [0.1, 0.15) is 6.61 Å². The van der Waals surface area contributed by atoms with E-state index in [-0.39, 0.29) is 12.0 Å². The molecule has 1 saturated carbocycles. The van der Waals surface area contributed by atoms with E-state index in [1.54, 1.807) is 11.1 Å². The third-order valence-corrected chi connectivity index (χ3v) is 6.99. The predicted octanol–water partition coefficient (Wildman–Crippen LogP) is 4.73. The van der Waals surface area contributed by atoms with Crippen molar-refractivity contribution in [3.05, 3.63) is 22.3 Å². The third kappa shape index (κ3) is 3.78. The second-order valence-electron chi connectivity index (χ2n) is 8.55. The quantitative estimate of drug-likeness (QED) is 0.747. The van der Waals surface area contributed by atoms with E-state index in [0.29, 0.717) is 13.0 Å². The molecule has 27 heavy (non-hydrogen) atoms. The van der Waals surface area contributed by atoms with Crippen LogP contribution >= 0.6 is 0 Å². The predicted molar refractivity (Wildman–Crippen MR) is 102 cm³/mol. The number of ether oxygens (including phenoxy) is 1. The first-order valence-electron chi connectivity index (χ1n) is 10.8. The lowest BCUT2D eigenvalue weighted by atomic mass is 9.84. The Morgan fingerprint density at radius 3 is 2.11 bits per heavy atom. The minimum Gasteiger partial charge on any atom is -0.481 e. The Kier molecular flexibility index (Phi) is 5.55. The largest absolute Gasteiger partial charge is 0.481 e. The van der Waals surface area contributed by atoms with Crippen LogP contribution in [0.5, 0.6) is 0 Å². The number of rotatable bonds is 4. The van der Waals surface area contributed by atoms with Gasteiger partial charge < -0.3 is 15.2 Å². The molecule has 5 nitrogen and oxygen atoms in total. The van der Waals surface area contributed by atoms with Gasteiger partial charge >= 0.3 is 12.1 Å². The molecule has 0 bridgehead atoms. The number of fused-ring (bicyclic) bond motifs is 1. The number of amides is 1. The lowest BCUT2D eigenvalue weighted by molar-refractivity contribution is -0.143. The number of carbonyl (C=O) groups excluding carboxylic acids is 1. The normalized spacial score (nSPS) is 28.6. The van der Waals surface area contributed by atoms with E-state index in [1.807, 2.05) is 0 Å². The molecule has 0 spiro atoms. The highest BCUT2D eigenvalue weighted by atomic mass is 16.5. The van der Waals surface area contributed by atoms with Crippen LogP contribution in [-0.4, -0.2) is 29.8 Å². The molecule has 4 aliphatic rings. The molecule has 4 aliphatic carbocycles. The molecule has 0 saturated heterocycles. The van der Waals surface area contributed by atoms with Gasteiger partial charge in [-0.1, -0.05) is 24.0 Å². The highest BCUT2D eigenvalue weighted by molar-refractivity contribution is 5.73. The second-order valence-corrected chi connectivity index (χ2v) is 8.55. The Labute approximate surface area is 161 Å². The van der Waals surface area contributed by atoms with E-state index >= 15 is 0 Å². The fourth-order valence-electron chi connectivity index (χ4n) is 5.68.